The van der Waals surface area contributed by atoms with Crippen LogP contribution in [0.1, 0.15) is 29.7 Å². The number of rotatable bonds is 4. The second-order valence-electron chi connectivity index (χ2n) is 5.32. The Morgan fingerprint density at radius 2 is 2.09 bits per heavy atom. The van der Waals surface area contributed by atoms with Crippen LogP contribution in [0.15, 0.2) is 36.4 Å². The molecule has 2 aromatic rings. The third kappa shape index (κ3) is 2.79. The van der Waals surface area contributed by atoms with Crippen LogP contribution in [-0.4, -0.2) is 20.3 Å². The van der Waals surface area contributed by atoms with Crippen LogP contribution in [0.5, 0.6) is 11.5 Å². The van der Waals surface area contributed by atoms with Crippen molar-refractivity contribution in [1.29, 1.82) is 0 Å². The SMILES string of the molecule is CCOc1ccc2c(c1)CCNC2c1ccc(OC)c(F)c1. The lowest BCUT2D eigenvalue weighted by Crippen LogP contribution is -2.30. The summed E-state index contributed by atoms with van der Waals surface area (Å²) >= 11 is 0. The van der Waals surface area contributed by atoms with Gasteiger partial charge in [0.15, 0.2) is 11.6 Å². The molecule has 0 spiro atoms. The molecule has 0 radical (unpaired) electrons. The van der Waals surface area contributed by atoms with Gasteiger partial charge in [-0.2, -0.15) is 0 Å². The zero-order valence-corrected chi connectivity index (χ0v) is 12.9. The van der Waals surface area contributed by atoms with Crippen molar-refractivity contribution in [2.24, 2.45) is 0 Å². The molecule has 0 saturated carbocycles. The highest BCUT2D eigenvalue weighted by molar-refractivity contribution is 5.44. The van der Waals surface area contributed by atoms with E-state index in [2.05, 4.69) is 17.4 Å². The van der Waals surface area contributed by atoms with Crippen LogP contribution in [0.3, 0.4) is 0 Å². The Morgan fingerprint density at radius 3 is 2.82 bits per heavy atom. The average Bonchev–Trinajstić information content (AvgIpc) is 2.54. The molecule has 0 fully saturated rings. The molecule has 22 heavy (non-hydrogen) atoms. The number of fused-ring (bicyclic) bond motifs is 1. The average molecular weight is 301 g/mol. The van der Waals surface area contributed by atoms with Crippen LogP contribution in [0.25, 0.3) is 0 Å². The Balaban J connectivity index is 1.96. The highest BCUT2D eigenvalue weighted by Crippen LogP contribution is 2.32. The van der Waals surface area contributed by atoms with Crippen LogP contribution < -0.4 is 14.8 Å². The number of methoxy groups -OCH3 is 1. The summed E-state index contributed by atoms with van der Waals surface area (Å²) in [6, 6.07) is 11.3. The van der Waals surface area contributed by atoms with E-state index in [1.165, 1.54) is 18.2 Å². The summed E-state index contributed by atoms with van der Waals surface area (Å²) in [6.07, 6.45) is 0.950. The van der Waals surface area contributed by atoms with Gasteiger partial charge in [-0.05, 0) is 54.3 Å². The molecular formula is C18H20FNO2. The fraction of sp³-hybridized carbons (Fsp3) is 0.333. The normalized spacial score (nSPS) is 17.0. The van der Waals surface area contributed by atoms with E-state index >= 15 is 0 Å². The van der Waals surface area contributed by atoms with E-state index in [1.54, 1.807) is 12.1 Å². The minimum Gasteiger partial charge on any atom is -0.494 e. The van der Waals surface area contributed by atoms with E-state index in [9.17, 15) is 4.39 Å². The predicted octanol–water partition coefficient (Wildman–Crippen LogP) is 3.47. The summed E-state index contributed by atoms with van der Waals surface area (Å²) in [7, 11) is 1.47. The lowest BCUT2D eigenvalue weighted by molar-refractivity contribution is 0.339. The quantitative estimate of drug-likeness (QED) is 0.938. The Bertz CT molecular complexity index is 672. The molecule has 3 rings (SSSR count). The molecule has 3 nitrogen and oxygen atoms in total. The summed E-state index contributed by atoms with van der Waals surface area (Å²) < 4.78 is 24.5. The summed E-state index contributed by atoms with van der Waals surface area (Å²) in [5.41, 5.74) is 3.34. The van der Waals surface area contributed by atoms with Crippen molar-refractivity contribution in [3.63, 3.8) is 0 Å². The van der Waals surface area contributed by atoms with Crippen LogP contribution in [0, 0.1) is 5.82 Å². The van der Waals surface area contributed by atoms with Gasteiger partial charge in [-0.1, -0.05) is 12.1 Å². The third-order valence-corrected chi connectivity index (χ3v) is 3.99. The monoisotopic (exact) mass is 301 g/mol. The molecule has 116 valence electrons. The fourth-order valence-electron chi connectivity index (χ4n) is 2.96. The molecule has 1 N–H and O–H groups in total. The standard InChI is InChI=1S/C18H20FNO2/c1-3-22-14-5-6-15-12(10-14)8-9-20-18(15)13-4-7-17(21-2)16(19)11-13/h4-7,10-11,18,20H,3,8-9H2,1-2H3. The molecule has 1 unspecified atom stereocenters. The lowest BCUT2D eigenvalue weighted by Gasteiger charge is -2.28. The molecule has 0 bridgehead atoms. The van der Waals surface area contributed by atoms with E-state index in [4.69, 9.17) is 9.47 Å². The first-order chi connectivity index (χ1) is 10.7. The topological polar surface area (TPSA) is 30.5 Å². The lowest BCUT2D eigenvalue weighted by atomic mass is 9.89. The first-order valence-corrected chi connectivity index (χ1v) is 7.55. The van der Waals surface area contributed by atoms with Gasteiger partial charge >= 0.3 is 0 Å². The molecule has 4 heteroatoms. The molecule has 1 heterocycles. The van der Waals surface area contributed by atoms with Crippen molar-refractivity contribution in [3.8, 4) is 11.5 Å². The van der Waals surface area contributed by atoms with Crippen molar-refractivity contribution in [2.75, 3.05) is 20.3 Å². The number of nitrogens with one attached hydrogen (secondary N) is 1. The van der Waals surface area contributed by atoms with Crippen molar-refractivity contribution in [3.05, 3.63) is 58.9 Å². The molecular weight excluding hydrogens is 281 g/mol. The Kier molecular flexibility index (Phi) is 4.29. The summed E-state index contributed by atoms with van der Waals surface area (Å²) in [6.45, 7) is 3.50. The second-order valence-corrected chi connectivity index (χ2v) is 5.32. The van der Waals surface area contributed by atoms with Crippen molar-refractivity contribution in [1.82, 2.24) is 5.32 Å². The largest absolute Gasteiger partial charge is 0.494 e. The number of ether oxygens (including phenoxy) is 2. The maximum atomic E-state index is 14.0. The van der Waals surface area contributed by atoms with Crippen molar-refractivity contribution >= 4 is 0 Å². The van der Waals surface area contributed by atoms with Gasteiger partial charge in [0, 0.05) is 6.54 Å². The van der Waals surface area contributed by atoms with Gasteiger partial charge in [0.25, 0.3) is 0 Å². The van der Waals surface area contributed by atoms with Crippen molar-refractivity contribution in [2.45, 2.75) is 19.4 Å². The third-order valence-electron chi connectivity index (χ3n) is 3.99. The Morgan fingerprint density at radius 1 is 1.23 bits per heavy atom. The number of halogens is 1. The highest BCUT2D eigenvalue weighted by atomic mass is 19.1. The number of hydrogen-bond donors (Lipinski definition) is 1. The first kappa shape index (κ1) is 14.9. The summed E-state index contributed by atoms with van der Waals surface area (Å²) in [4.78, 5) is 0. The van der Waals surface area contributed by atoms with E-state index in [-0.39, 0.29) is 17.6 Å². The van der Waals surface area contributed by atoms with Gasteiger partial charge in [-0.25, -0.2) is 4.39 Å². The molecule has 0 aromatic heterocycles. The van der Waals surface area contributed by atoms with E-state index in [1.807, 2.05) is 19.1 Å². The maximum Gasteiger partial charge on any atom is 0.165 e. The highest BCUT2D eigenvalue weighted by Gasteiger charge is 2.22. The minimum absolute atomic E-state index is 0.000155. The second kappa shape index (κ2) is 6.36. The van der Waals surface area contributed by atoms with Gasteiger partial charge in [0.1, 0.15) is 5.75 Å². The van der Waals surface area contributed by atoms with Gasteiger partial charge in [-0.3, -0.25) is 0 Å². The van der Waals surface area contributed by atoms with Gasteiger partial charge in [0.2, 0.25) is 0 Å². The van der Waals surface area contributed by atoms with Crippen molar-refractivity contribution < 1.29 is 13.9 Å². The number of benzene rings is 2. The van der Waals surface area contributed by atoms with Gasteiger partial charge < -0.3 is 14.8 Å². The molecule has 0 saturated heterocycles. The number of hydrogen-bond acceptors (Lipinski definition) is 3. The molecule has 2 aromatic carbocycles. The van der Waals surface area contributed by atoms with Crippen LogP contribution >= 0.6 is 0 Å². The zero-order chi connectivity index (χ0) is 15.5. The van der Waals surface area contributed by atoms with E-state index < -0.39 is 0 Å². The molecule has 1 aliphatic heterocycles. The molecule has 1 aliphatic rings. The Labute approximate surface area is 130 Å². The first-order valence-electron chi connectivity index (χ1n) is 7.55. The molecule has 0 aliphatic carbocycles. The molecule has 0 amide bonds. The van der Waals surface area contributed by atoms with E-state index in [0.29, 0.717) is 6.61 Å². The van der Waals surface area contributed by atoms with Gasteiger partial charge in [-0.15, -0.1) is 0 Å². The Hall–Kier alpha value is -2.07. The minimum atomic E-state index is -0.333. The van der Waals surface area contributed by atoms with Crippen LogP contribution in [-0.2, 0) is 6.42 Å². The van der Waals surface area contributed by atoms with Gasteiger partial charge in [0.05, 0.1) is 19.8 Å². The van der Waals surface area contributed by atoms with Crippen LogP contribution in [0.4, 0.5) is 4.39 Å². The molecule has 1 atom stereocenters. The smallest absolute Gasteiger partial charge is 0.165 e. The predicted molar refractivity (Wildman–Crippen MR) is 84.1 cm³/mol. The maximum absolute atomic E-state index is 14.0. The van der Waals surface area contributed by atoms with Crippen LogP contribution in [0.2, 0.25) is 0 Å². The summed E-state index contributed by atoms with van der Waals surface area (Å²) in [5.74, 6) is 0.828. The fourth-order valence-corrected chi connectivity index (χ4v) is 2.96. The summed E-state index contributed by atoms with van der Waals surface area (Å²) in [5, 5.41) is 3.46. The zero-order valence-electron chi connectivity index (χ0n) is 12.9. The van der Waals surface area contributed by atoms with E-state index in [0.717, 1.165) is 24.3 Å².